The van der Waals surface area contributed by atoms with Crippen LogP contribution in [0.1, 0.15) is 63.1 Å². The summed E-state index contributed by atoms with van der Waals surface area (Å²) in [7, 11) is 0. The zero-order valence-corrected chi connectivity index (χ0v) is 8.80. The molecular weight excluding hydrogens is 168 g/mol. The summed E-state index contributed by atoms with van der Waals surface area (Å²) < 4.78 is 0. The molecule has 1 atom stereocenters. The molecule has 0 amide bonds. The molecule has 1 aliphatic carbocycles. The molecule has 0 aliphatic heterocycles. The molecule has 0 aromatic heterocycles. The Morgan fingerprint density at radius 2 is 2.00 bits per heavy atom. The Balaban J connectivity index is 0.000000980. The number of hydrogen-bond donors (Lipinski definition) is 0. The van der Waals surface area contributed by atoms with E-state index < -0.39 is 0 Å². The zero-order valence-electron chi connectivity index (χ0n) is 8.80. The third-order valence-corrected chi connectivity index (χ3v) is 3.21. The van der Waals surface area contributed by atoms with Crippen molar-refractivity contribution in [3.05, 3.63) is 34.9 Å². The van der Waals surface area contributed by atoms with E-state index in [1.54, 1.807) is 11.1 Å². The van der Waals surface area contributed by atoms with Gasteiger partial charge in [0, 0.05) is 0 Å². The van der Waals surface area contributed by atoms with E-state index in [9.17, 15) is 0 Å². The molecule has 78 valence electrons. The van der Waals surface area contributed by atoms with Crippen molar-refractivity contribution in [3.8, 4) is 0 Å². The Bertz CT molecular complexity index is 310. The predicted molar refractivity (Wildman–Crippen MR) is 64.0 cm³/mol. The van der Waals surface area contributed by atoms with E-state index in [0.717, 1.165) is 5.92 Å². The first kappa shape index (κ1) is 11.3. The summed E-state index contributed by atoms with van der Waals surface area (Å²) in [6, 6.07) is 7.04. The number of hydrogen-bond acceptors (Lipinski definition) is 0. The summed E-state index contributed by atoms with van der Waals surface area (Å²) in [5, 5.41) is 0. The van der Waals surface area contributed by atoms with Gasteiger partial charge in [-0.05, 0) is 41.4 Å². The SMILES string of the molecule is C.CC(C)c1ccc2c(c1)C(C)CC2. The molecule has 14 heavy (non-hydrogen) atoms. The van der Waals surface area contributed by atoms with Gasteiger partial charge in [-0.15, -0.1) is 0 Å². The van der Waals surface area contributed by atoms with Gasteiger partial charge in [0.15, 0.2) is 0 Å². The molecule has 0 spiro atoms. The lowest BCUT2D eigenvalue weighted by Gasteiger charge is -2.10. The lowest BCUT2D eigenvalue weighted by Crippen LogP contribution is -1.92. The van der Waals surface area contributed by atoms with E-state index in [2.05, 4.69) is 39.0 Å². The fourth-order valence-corrected chi connectivity index (χ4v) is 2.19. The highest BCUT2D eigenvalue weighted by Gasteiger charge is 2.18. The molecule has 1 aromatic rings. The normalized spacial score (nSPS) is 19.3. The monoisotopic (exact) mass is 190 g/mol. The van der Waals surface area contributed by atoms with Crippen LogP contribution in [0.2, 0.25) is 0 Å². The highest BCUT2D eigenvalue weighted by molar-refractivity contribution is 5.38. The van der Waals surface area contributed by atoms with Crippen molar-refractivity contribution in [1.82, 2.24) is 0 Å². The van der Waals surface area contributed by atoms with Crippen LogP contribution in [0.15, 0.2) is 18.2 Å². The molecule has 0 radical (unpaired) electrons. The molecule has 0 N–H and O–H groups in total. The smallest absolute Gasteiger partial charge is 0.0184 e. The van der Waals surface area contributed by atoms with Gasteiger partial charge in [-0.2, -0.15) is 0 Å². The predicted octanol–water partition coefficient (Wildman–Crippen LogP) is 4.50. The Labute approximate surface area is 88.4 Å². The van der Waals surface area contributed by atoms with Crippen LogP contribution in [0, 0.1) is 0 Å². The van der Waals surface area contributed by atoms with Gasteiger partial charge in [-0.25, -0.2) is 0 Å². The average molecular weight is 190 g/mol. The number of rotatable bonds is 1. The van der Waals surface area contributed by atoms with E-state index in [1.165, 1.54) is 18.4 Å². The highest BCUT2D eigenvalue weighted by atomic mass is 14.2. The largest absolute Gasteiger partial charge is 0.0776 e. The van der Waals surface area contributed by atoms with Gasteiger partial charge in [0.2, 0.25) is 0 Å². The summed E-state index contributed by atoms with van der Waals surface area (Å²) in [6.07, 6.45) is 2.63. The van der Waals surface area contributed by atoms with Crippen molar-refractivity contribution >= 4 is 0 Å². The highest BCUT2D eigenvalue weighted by Crippen LogP contribution is 2.34. The summed E-state index contributed by atoms with van der Waals surface area (Å²) in [5.41, 5.74) is 4.68. The second-order valence-corrected chi connectivity index (χ2v) is 4.55. The summed E-state index contributed by atoms with van der Waals surface area (Å²) in [5.74, 6) is 1.45. The van der Waals surface area contributed by atoms with Crippen LogP contribution >= 0.6 is 0 Å². The van der Waals surface area contributed by atoms with Gasteiger partial charge < -0.3 is 0 Å². The maximum Gasteiger partial charge on any atom is -0.0184 e. The number of benzene rings is 1. The molecule has 0 saturated heterocycles. The van der Waals surface area contributed by atoms with Crippen LogP contribution in [-0.4, -0.2) is 0 Å². The van der Waals surface area contributed by atoms with E-state index in [0.29, 0.717) is 5.92 Å². The van der Waals surface area contributed by atoms with Gasteiger partial charge in [0.25, 0.3) is 0 Å². The van der Waals surface area contributed by atoms with Crippen LogP contribution < -0.4 is 0 Å². The van der Waals surface area contributed by atoms with Crippen molar-refractivity contribution in [3.63, 3.8) is 0 Å². The minimum Gasteiger partial charge on any atom is -0.0776 e. The van der Waals surface area contributed by atoms with Crippen LogP contribution in [0.3, 0.4) is 0 Å². The molecule has 0 bridgehead atoms. The Hall–Kier alpha value is -0.780. The van der Waals surface area contributed by atoms with E-state index in [1.807, 2.05) is 0 Å². The molecule has 0 saturated carbocycles. The summed E-state index contributed by atoms with van der Waals surface area (Å²) in [6.45, 7) is 6.87. The molecule has 1 unspecified atom stereocenters. The van der Waals surface area contributed by atoms with Crippen molar-refractivity contribution < 1.29 is 0 Å². The van der Waals surface area contributed by atoms with Gasteiger partial charge in [-0.3, -0.25) is 0 Å². The third kappa shape index (κ3) is 1.84. The Morgan fingerprint density at radius 1 is 1.29 bits per heavy atom. The van der Waals surface area contributed by atoms with Crippen LogP contribution in [0.25, 0.3) is 0 Å². The molecule has 0 heterocycles. The Kier molecular flexibility index (Phi) is 3.36. The first-order chi connectivity index (χ1) is 6.18. The molecule has 2 rings (SSSR count). The fraction of sp³-hybridized carbons (Fsp3) is 0.571. The van der Waals surface area contributed by atoms with Gasteiger partial charge in [0.05, 0.1) is 0 Å². The number of aryl methyl sites for hydroxylation is 1. The zero-order chi connectivity index (χ0) is 9.42. The van der Waals surface area contributed by atoms with Gasteiger partial charge in [0.1, 0.15) is 0 Å². The topological polar surface area (TPSA) is 0 Å². The van der Waals surface area contributed by atoms with Gasteiger partial charge >= 0.3 is 0 Å². The van der Waals surface area contributed by atoms with Crippen molar-refractivity contribution in [1.29, 1.82) is 0 Å². The van der Waals surface area contributed by atoms with E-state index in [4.69, 9.17) is 0 Å². The maximum atomic E-state index is 2.41. The molecular formula is C14H22. The van der Waals surface area contributed by atoms with Crippen LogP contribution in [0.5, 0.6) is 0 Å². The second kappa shape index (κ2) is 4.16. The van der Waals surface area contributed by atoms with Crippen molar-refractivity contribution in [2.24, 2.45) is 0 Å². The summed E-state index contributed by atoms with van der Waals surface area (Å²) >= 11 is 0. The maximum absolute atomic E-state index is 2.41. The quantitative estimate of drug-likeness (QED) is 0.612. The standard InChI is InChI=1S/C13H18.CH4/c1-9(2)12-7-6-11-5-4-10(3)13(11)8-12;/h6-10H,4-5H2,1-3H3;1H4. The average Bonchev–Trinajstić information content (AvgIpc) is 2.47. The van der Waals surface area contributed by atoms with E-state index in [-0.39, 0.29) is 7.43 Å². The van der Waals surface area contributed by atoms with Crippen LogP contribution in [0.4, 0.5) is 0 Å². The van der Waals surface area contributed by atoms with E-state index >= 15 is 0 Å². The van der Waals surface area contributed by atoms with Crippen molar-refractivity contribution in [2.75, 3.05) is 0 Å². The molecule has 1 aliphatic rings. The van der Waals surface area contributed by atoms with Gasteiger partial charge in [-0.1, -0.05) is 46.4 Å². The lowest BCUT2D eigenvalue weighted by atomic mass is 9.96. The molecule has 0 fully saturated rings. The third-order valence-electron chi connectivity index (χ3n) is 3.21. The minimum absolute atomic E-state index is 0. The molecule has 0 nitrogen and oxygen atoms in total. The lowest BCUT2D eigenvalue weighted by molar-refractivity contribution is 0.745. The Morgan fingerprint density at radius 3 is 2.64 bits per heavy atom. The minimum atomic E-state index is 0. The second-order valence-electron chi connectivity index (χ2n) is 4.55. The van der Waals surface area contributed by atoms with Crippen molar-refractivity contribution in [2.45, 2.75) is 52.9 Å². The fourth-order valence-electron chi connectivity index (χ4n) is 2.19. The first-order valence-electron chi connectivity index (χ1n) is 5.31. The number of fused-ring (bicyclic) bond motifs is 1. The first-order valence-corrected chi connectivity index (χ1v) is 5.31. The molecule has 1 aromatic carbocycles. The summed E-state index contributed by atoms with van der Waals surface area (Å²) in [4.78, 5) is 0. The van der Waals surface area contributed by atoms with Crippen LogP contribution in [-0.2, 0) is 6.42 Å². The molecule has 0 heteroatoms.